The highest BCUT2D eigenvalue weighted by atomic mass is 32.2. The normalized spacial score (nSPS) is 21.1. The number of carbonyl (C=O) groups is 1. The number of nitrogens with zero attached hydrogens (tertiary/aromatic N) is 3. The van der Waals surface area contributed by atoms with Crippen LogP contribution in [0.4, 0.5) is 11.5 Å². The Morgan fingerprint density at radius 1 is 1.09 bits per heavy atom. The number of nitrogens with one attached hydrogen (secondary N) is 2. The summed E-state index contributed by atoms with van der Waals surface area (Å²) in [6.07, 6.45) is 6.62. The molecule has 2 unspecified atom stereocenters. The number of amides is 1. The number of aliphatic hydroxyl groups is 1. The largest absolute Gasteiger partial charge is 0.491 e. The van der Waals surface area contributed by atoms with Crippen molar-refractivity contribution in [3.63, 3.8) is 0 Å². The first-order valence-electron chi connectivity index (χ1n) is 15.6. The van der Waals surface area contributed by atoms with E-state index in [0.717, 1.165) is 31.2 Å². The van der Waals surface area contributed by atoms with Crippen LogP contribution >= 0.6 is 9.39 Å². The topological polar surface area (TPSA) is 160 Å². The predicted molar refractivity (Wildman–Crippen MR) is 185 cm³/mol. The third kappa shape index (κ3) is 8.60. The minimum Gasteiger partial charge on any atom is -0.491 e. The minimum absolute atomic E-state index is 0.0236. The summed E-state index contributed by atoms with van der Waals surface area (Å²) in [5.41, 5.74) is 7.39. The van der Waals surface area contributed by atoms with Crippen LogP contribution in [0.3, 0.4) is 0 Å². The van der Waals surface area contributed by atoms with Crippen LogP contribution in [0.5, 0.6) is 5.75 Å². The Labute approximate surface area is 274 Å². The maximum Gasteiger partial charge on any atom is 0.278 e. The summed E-state index contributed by atoms with van der Waals surface area (Å²) in [6, 6.07) is 12.1. The molecule has 13 heteroatoms. The van der Waals surface area contributed by atoms with E-state index in [4.69, 9.17) is 10.5 Å². The summed E-state index contributed by atoms with van der Waals surface area (Å²) >= 11 is 0. The number of nitrogen functional groups attached to an aromatic ring is 1. The smallest absolute Gasteiger partial charge is 0.278 e. The lowest BCUT2D eigenvalue weighted by Crippen LogP contribution is -2.36. The number of carbonyl (C=O) groups excluding carboxylic acids is 1. The molecule has 3 aromatic rings. The van der Waals surface area contributed by atoms with Gasteiger partial charge < -0.3 is 30.9 Å². The van der Waals surface area contributed by atoms with E-state index >= 15 is 0 Å². The molecule has 1 aliphatic carbocycles. The number of anilines is 2. The zero-order valence-electron chi connectivity index (χ0n) is 27.2. The van der Waals surface area contributed by atoms with Crippen LogP contribution in [-0.2, 0) is 16.4 Å². The number of hydrogen-bond acceptors (Lipinski definition) is 10. The van der Waals surface area contributed by atoms with E-state index in [2.05, 4.69) is 29.8 Å². The van der Waals surface area contributed by atoms with Crippen molar-refractivity contribution < 1.29 is 23.1 Å². The number of nitrogens with two attached hydrogens (primary N) is 1. The molecule has 2 aromatic carbocycles. The highest BCUT2D eigenvalue weighted by molar-refractivity contribution is 7.93. The van der Waals surface area contributed by atoms with Crippen LogP contribution in [0.2, 0.25) is 0 Å². The van der Waals surface area contributed by atoms with E-state index in [0.29, 0.717) is 55.1 Å². The number of benzene rings is 2. The van der Waals surface area contributed by atoms with Gasteiger partial charge in [0.25, 0.3) is 5.91 Å². The van der Waals surface area contributed by atoms with Gasteiger partial charge in [-0.05, 0) is 78.4 Å². The number of rotatable bonds is 2. The summed E-state index contributed by atoms with van der Waals surface area (Å²) < 4.78 is 32.7. The van der Waals surface area contributed by atoms with Gasteiger partial charge >= 0.3 is 0 Å². The van der Waals surface area contributed by atoms with Gasteiger partial charge in [-0.3, -0.25) is 4.79 Å². The Hall–Kier alpha value is -3.15. The van der Waals surface area contributed by atoms with Crippen molar-refractivity contribution in [1.29, 1.82) is 0 Å². The van der Waals surface area contributed by atoms with Gasteiger partial charge in [0.05, 0.1) is 39.4 Å². The molecule has 5 N–H and O–H groups in total. The van der Waals surface area contributed by atoms with Gasteiger partial charge in [-0.25, -0.2) is 18.4 Å². The first kappa shape index (κ1) is 35.7. The molecule has 6 rings (SSSR count). The standard InChI is InChI=1S/C32H41N5O5S.CH6NP/c1-31(39)15-6-4-5-7-18-42-28-23(20-37(2)3)9-8-10-25(28)36-30(38)27-29(33)34-19-26(35-27)22-11-13-24(14-12-22)43(40,41)32(21-31)16-17-32;1-2-3/h8-14,19,39H,4-7,15-18,20-21H2,1-3H3,(H2,33,34)(H,36,38);2H,3H2,1H3. The molecular weight excluding hydrogens is 623 g/mol. The second-order valence-corrected chi connectivity index (χ2v) is 15.6. The molecular formula is C33H47N6O5PS. The van der Waals surface area contributed by atoms with Crippen molar-refractivity contribution >= 4 is 36.6 Å². The average Bonchev–Trinajstić information content (AvgIpc) is 3.78. The van der Waals surface area contributed by atoms with Crippen LogP contribution in [0.1, 0.15) is 74.3 Å². The fourth-order valence-electron chi connectivity index (χ4n) is 5.86. The monoisotopic (exact) mass is 670 g/mol. The van der Waals surface area contributed by atoms with Crippen LogP contribution in [-0.4, -0.2) is 72.4 Å². The lowest BCUT2D eigenvalue weighted by atomic mass is 9.92. The SMILES string of the molecule is CN(C)Cc1cccc2c1OCCCCCCC(C)(O)CC1(CC1)S(=O)(=O)c1ccc(cc1)-c1cnc(N)c(n1)C(=O)N2.CNP. The van der Waals surface area contributed by atoms with E-state index in [1.54, 1.807) is 37.3 Å². The van der Waals surface area contributed by atoms with Crippen LogP contribution in [0.15, 0.2) is 53.6 Å². The summed E-state index contributed by atoms with van der Waals surface area (Å²) in [7, 11) is 4.44. The molecule has 2 atom stereocenters. The first-order valence-corrected chi connectivity index (χ1v) is 17.7. The van der Waals surface area contributed by atoms with E-state index in [9.17, 15) is 18.3 Å². The summed E-state index contributed by atoms with van der Waals surface area (Å²) in [5, 5.41) is 16.8. The van der Waals surface area contributed by atoms with Gasteiger partial charge in [-0.15, -0.1) is 0 Å². The Morgan fingerprint density at radius 2 is 1.76 bits per heavy atom. The van der Waals surface area contributed by atoms with Gasteiger partial charge in [-0.1, -0.05) is 52.9 Å². The highest BCUT2D eigenvalue weighted by Crippen LogP contribution is 2.52. The Morgan fingerprint density at radius 3 is 2.41 bits per heavy atom. The fraction of sp³-hybridized carbons (Fsp3) is 0.485. The third-order valence-electron chi connectivity index (χ3n) is 8.24. The second-order valence-electron chi connectivity index (χ2n) is 12.7. The zero-order valence-corrected chi connectivity index (χ0v) is 29.1. The van der Waals surface area contributed by atoms with E-state index in [1.165, 1.54) is 6.20 Å². The molecule has 1 aromatic heterocycles. The lowest BCUT2D eigenvalue weighted by molar-refractivity contribution is 0.0362. The highest BCUT2D eigenvalue weighted by Gasteiger charge is 2.57. The molecule has 1 spiro atoms. The molecule has 0 radical (unpaired) electrons. The number of para-hydroxylation sites is 1. The molecule has 2 aliphatic heterocycles. The lowest BCUT2D eigenvalue weighted by Gasteiger charge is -2.29. The van der Waals surface area contributed by atoms with E-state index in [-0.39, 0.29) is 22.8 Å². The Kier molecular flexibility index (Phi) is 11.8. The van der Waals surface area contributed by atoms with E-state index < -0.39 is 26.1 Å². The molecule has 3 heterocycles. The summed E-state index contributed by atoms with van der Waals surface area (Å²) in [4.78, 5) is 24.4. The molecule has 1 saturated carbocycles. The van der Waals surface area contributed by atoms with Crippen LogP contribution < -0.4 is 20.9 Å². The number of fused-ring (bicyclic) bond motifs is 11. The molecule has 0 saturated heterocycles. The molecule has 11 nitrogen and oxygen atoms in total. The maximum atomic E-state index is 13.7. The van der Waals surface area contributed by atoms with Gasteiger partial charge in [-0.2, -0.15) is 0 Å². The van der Waals surface area contributed by atoms with E-state index in [1.807, 2.05) is 38.2 Å². The van der Waals surface area contributed by atoms with Crippen molar-refractivity contribution in [1.82, 2.24) is 20.0 Å². The third-order valence-corrected chi connectivity index (χ3v) is 10.8. The van der Waals surface area contributed by atoms with Gasteiger partial charge in [0.15, 0.2) is 21.3 Å². The van der Waals surface area contributed by atoms with Crippen molar-refractivity contribution in [2.24, 2.45) is 0 Å². The van der Waals surface area contributed by atoms with Crippen molar-refractivity contribution in [3.05, 3.63) is 59.9 Å². The summed E-state index contributed by atoms with van der Waals surface area (Å²) in [5.74, 6) is 0.0520. The van der Waals surface area contributed by atoms with Crippen molar-refractivity contribution in [2.45, 2.75) is 80.1 Å². The van der Waals surface area contributed by atoms with Crippen molar-refractivity contribution in [2.75, 3.05) is 38.8 Å². The zero-order chi connectivity index (χ0) is 33.5. The van der Waals surface area contributed by atoms with Gasteiger partial charge in [0, 0.05) is 17.7 Å². The summed E-state index contributed by atoms with van der Waals surface area (Å²) in [6.45, 7) is 2.83. The first-order chi connectivity index (χ1) is 21.8. The minimum atomic E-state index is -3.67. The van der Waals surface area contributed by atoms with Crippen molar-refractivity contribution in [3.8, 4) is 17.0 Å². The molecule has 46 heavy (non-hydrogen) atoms. The second kappa shape index (κ2) is 15.2. The Balaban J connectivity index is 0.00000154. The van der Waals surface area contributed by atoms with Gasteiger partial charge in [0.1, 0.15) is 5.75 Å². The molecule has 1 fully saturated rings. The molecule has 1 amide bonds. The number of sulfone groups is 1. The van der Waals surface area contributed by atoms with Gasteiger partial charge in [0.2, 0.25) is 0 Å². The Bertz CT molecular complexity index is 1610. The quantitative estimate of drug-likeness (QED) is 0.278. The molecule has 3 aliphatic rings. The number of hydrogen-bond donors (Lipinski definition) is 4. The molecule has 4 bridgehead atoms. The maximum absolute atomic E-state index is 13.7. The number of ether oxygens (including phenoxy) is 1. The predicted octanol–water partition coefficient (Wildman–Crippen LogP) is 4.83. The average molecular weight is 671 g/mol. The number of aromatic nitrogens is 2. The fourth-order valence-corrected chi connectivity index (χ4v) is 7.99. The molecule has 250 valence electrons. The van der Waals surface area contributed by atoms with Crippen LogP contribution in [0.25, 0.3) is 11.3 Å². The van der Waals surface area contributed by atoms with Crippen LogP contribution in [0, 0.1) is 0 Å².